The molecule has 2 atom stereocenters. The number of rotatable bonds is 0. The summed E-state index contributed by atoms with van der Waals surface area (Å²) in [5.41, 5.74) is 1.31. The average molecular weight is 190 g/mol. The molecule has 3 rings (SSSR count). The average Bonchev–Trinajstić information content (AvgIpc) is 2.57. The van der Waals surface area contributed by atoms with Crippen LogP contribution in [0.2, 0.25) is 0 Å². The zero-order chi connectivity index (χ0) is 9.54. The highest BCUT2D eigenvalue weighted by atomic mass is 16.5. The minimum Gasteiger partial charge on any atom is -0.473 e. The molecule has 3 nitrogen and oxygen atoms in total. The van der Waals surface area contributed by atoms with Gasteiger partial charge in [0.05, 0.1) is 6.04 Å². The first-order valence-electron chi connectivity index (χ1n) is 5.05. The number of para-hydroxylation sites is 1. The largest absolute Gasteiger partial charge is 0.473 e. The van der Waals surface area contributed by atoms with Gasteiger partial charge in [-0.2, -0.15) is 0 Å². The standard InChI is InChI=1S/C11H14N2O/c1-13-7-6-12-11-10(13)8-4-2-3-5-9(8)14-11/h2-5,10-12H,6-7H2,1H3. The van der Waals surface area contributed by atoms with Crippen molar-refractivity contribution in [2.24, 2.45) is 0 Å². The van der Waals surface area contributed by atoms with E-state index in [1.165, 1.54) is 5.56 Å². The van der Waals surface area contributed by atoms with Gasteiger partial charge in [-0.05, 0) is 13.1 Å². The topological polar surface area (TPSA) is 24.5 Å². The second-order valence-electron chi connectivity index (χ2n) is 3.96. The minimum atomic E-state index is 0.145. The Morgan fingerprint density at radius 3 is 3.21 bits per heavy atom. The van der Waals surface area contributed by atoms with Gasteiger partial charge in [-0.3, -0.25) is 10.2 Å². The van der Waals surface area contributed by atoms with Crippen LogP contribution in [-0.4, -0.2) is 31.3 Å². The Balaban J connectivity index is 2.03. The van der Waals surface area contributed by atoms with Crippen molar-refractivity contribution in [3.8, 4) is 5.75 Å². The van der Waals surface area contributed by atoms with Crippen molar-refractivity contribution in [1.29, 1.82) is 0 Å². The minimum absolute atomic E-state index is 0.145. The fraction of sp³-hybridized carbons (Fsp3) is 0.455. The van der Waals surface area contributed by atoms with Gasteiger partial charge in [-0.25, -0.2) is 0 Å². The second-order valence-corrected chi connectivity index (χ2v) is 3.96. The molecule has 1 saturated heterocycles. The molecule has 2 aliphatic heterocycles. The summed E-state index contributed by atoms with van der Waals surface area (Å²) in [7, 11) is 2.16. The second kappa shape index (κ2) is 2.97. The maximum atomic E-state index is 5.83. The van der Waals surface area contributed by atoms with Gasteiger partial charge in [-0.1, -0.05) is 18.2 Å². The Morgan fingerprint density at radius 1 is 1.43 bits per heavy atom. The van der Waals surface area contributed by atoms with E-state index in [9.17, 15) is 0 Å². The summed E-state index contributed by atoms with van der Waals surface area (Å²) in [6.45, 7) is 2.09. The van der Waals surface area contributed by atoms with Crippen molar-refractivity contribution in [2.45, 2.75) is 12.3 Å². The highest BCUT2D eigenvalue weighted by Gasteiger charge is 2.38. The molecule has 0 aromatic heterocycles. The van der Waals surface area contributed by atoms with E-state index in [0.717, 1.165) is 18.8 Å². The molecule has 2 aliphatic rings. The summed E-state index contributed by atoms with van der Waals surface area (Å²) in [6.07, 6.45) is 0.145. The SMILES string of the molecule is CN1CCNC2Oc3ccccc3C21. The first kappa shape index (κ1) is 8.26. The van der Waals surface area contributed by atoms with Crippen LogP contribution in [0.4, 0.5) is 0 Å². The van der Waals surface area contributed by atoms with E-state index < -0.39 is 0 Å². The number of nitrogens with one attached hydrogen (secondary N) is 1. The van der Waals surface area contributed by atoms with Gasteiger partial charge in [0.1, 0.15) is 5.75 Å². The van der Waals surface area contributed by atoms with Crippen molar-refractivity contribution in [1.82, 2.24) is 10.2 Å². The van der Waals surface area contributed by atoms with E-state index in [1.807, 2.05) is 12.1 Å². The predicted octanol–water partition coefficient (Wildman–Crippen LogP) is 0.981. The van der Waals surface area contributed by atoms with Gasteiger partial charge < -0.3 is 4.74 Å². The molecule has 3 heteroatoms. The Labute approximate surface area is 83.7 Å². The Hall–Kier alpha value is -1.06. The molecule has 0 amide bonds. The molecule has 0 bridgehead atoms. The molecule has 1 fully saturated rings. The van der Waals surface area contributed by atoms with Crippen molar-refractivity contribution in [2.75, 3.05) is 20.1 Å². The van der Waals surface area contributed by atoms with Gasteiger partial charge in [0.15, 0.2) is 6.23 Å². The highest BCUT2D eigenvalue weighted by molar-refractivity contribution is 5.40. The molecule has 2 heterocycles. The van der Waals surface area contributed by atoms with E-state index in [-0.39, 0.29) is 6.23 Å². The molecule has 14 heavy (non-hydrogen) atoms. The van der Waals surface area contributed by atoms with Gasteiger partial charge in [0.25, 0.3) is 0 Å². The van der Waals surface area contributed by atoms with Crippen LogP contribution in [0.15, 0.2) is 24.3 Å². The fourth-order valence-electron chi connectivity index (χ4n) is 2.34. The van der Waals surface area contributed by atoms with Crippen LogP contribution in [-0.2, 0) is 0 Å². The molecule has 0 saturated carbocycles. The molecule has 1 aromatic rings. The molecule has 0 aliphatic carbocycles. The highest BCUT2D eigenvalue weighted by Crippen LogP contribution is 2.39. The lowest BCUT2D eigenvalue weighted by atomic mass is 10.0. The van der Waals surface area contributed by atoms with E-state index in [1.54, 1.807) is 0 Å². The third-order valence-electron chi connectivity index (χ3n) is 3.06. The van der Waals surface area contributed by atoms with Crippen LogP contribution in [0.1, 0.15) is 11.6 Å². The first-order chi connectivity index (χ1) is 6.86. The van der Waals surface area contributed by atoms with Gasteiger partial charge in [-0.15, -0.1) is 0 Å². The summed E-state index contributed by atoms with van der Waals surface area (Å²) in [6, 6.07) is 8.69. The summed E-state index contributed by atoms with van der Waals surface area (Å²) >= 11 is 0. The number of fused-ring (bicyclic) bond motifs is 3. The van der Waals surface area contributed by atoms with Crippen molar-refractivity contribution in [3.63, 3.8) is 0 Å². The number of benzene rings is 1. The van der Waals surface area contributed by atoms with Crippen LogP contribution < -0.4 is 10.1 Å². The number of nitrogens with zero attached hydrogens (tertiary/aromatic N) is 1. The Morgan fingerprint density at radius 2 is 2.29 bits per heavy atom. The summed E-state index contributed by atoms with van der Waals surface area (Å²) < 4.78 is 5.83. The van der Waals surface area contributed by atoms with E-state index in [2.05, 4.69) is 29.4 Å². The zero-order valence-electron chi connectivity index (χ0n) is 8.23. The molecule has 1 N–H and O–H groups in total. The van der Waals surface area contributed by atoms with Gasteiger partial charge in [0.2, 0.25) is 0 Å². The van der Waals surface area contributed by atoms with E-state index in [0.29, 0.717) is 6.04 Å². The van der Waals surface area contributed by atoms with E-state index >= 15 is 0 Å². The Bertz CT molecular complexity index is 353. The molecule has 2 unspecified atom stereocenters. The molecule has 0 radical (unpaired) electrons. The Kier molecular flexibility index (Phi) is 1.75. The number of likely N-dealkylation sites (N-methyl/N-ethyl adjacent to an activating group) is 1. The maximum absolute atomic E-state index is 5.83. The lowest BCUT2D eigenvalue weighted by Gasteiger charge is -2.34. The molecule has 1 aromatic carbocycles. The van der Waals surface area contributed by atoms with Gasteiger partial charge >= 0.3 is 0 Å². The van der Waals surface area contributed by atoms with Gasteiger partial charge in [0, 0.05) is 18.7 Å². The number of ether oxygens (including phenoxy) is 1. The van der Waals surface area contributed by atoms with E-state index in [4.69, 9.17) is 4.74 Å². The first-order valence-corrected chi connectivity index (χ1v) is 5.05. The van der Waals surface area contributed by atoms with Crippen LogP contribution in [0.3, 0.4) is 0 Å². The number of piperazine rings is 1. The monoisotopic (exact) mass is 190 g/mol. The quantitative estimate of drug-likeness (QED) is 0.660. The molecular formula is C11H14N2O. The van der Waals surface area contributed by atoms with Crippen molar-refractivity contribution >= 4 is 0 Å². The summed E-state index contributed by atoms with van der Waals surface area (Å²) in [5, 5.41) is 3.39. The van der Waals surface area contributed by atoms with Crippen LogP contribution in [0, 0.1) is 0 Å². The number of hydrogen-bond donors (Lipinski definition) is 1. The zero-order valence-corrected chi connectivity index (χ0v) is 8.23. The maximum Gasteiger partial charge on any atom is 0.170 e. The fourth-order valence-corrected chi connectivity index (χ4v) is 2.34. The summed E-state index contributed by atoms with van der Waals surface area (Å²) in [4.78, 5) is 2.35. The predicted molar refractivity (Wildman–Crippen MR) is 54.2 cm³/mol. The normalized spacial score (nSPS) is 30.6. The molecular weight excluding hydrogens is 176 g/mol. The lowest BCUT2D eigenvalue weighted by molar-refractivity contribution is 0.0555. The van der Waals surface area contributed by atoms with Crippen LogP contribution >= 0.6 is 0 Å². The number of hydrogen-bond acceptors (Lipinski definition) is 3. The van der Waals surface area contributed by atoms with Crippen molar-refractivity contribution < 1.29 is 4.74 Å². The third-order valence-corrected chi connectivity index (χ3v) is 3.06. The molecule has 0 spiro atoms. The van der Waals surface area contributed by atoms with Crippen LogP contribution in [0.25, 0.3) is 0 Å². The van der Waals surface area contributed by atoms with Crippen LogP contribution in [0.5, 0.6) is 5.75 Å². The smallest absolute Gasteiger partial charge is 0.170 e. The lowest BCUT2D eigenvalue weighted by Crippen LogP contribution is -2.51. The van der Waals surface area contributed by atoms with Crippen molar-refractivity contribution in [3.05, 3.63) is 29.8 Å². The summed E-state index contributed by atoms with van der Waals surface area (Å²) in [5.74, 6) is 1.03. The molecule has 74 valence electrons. The third kappa shape index (κ3) is 1.06.